The topological polar surface area (TPSA) is 54.3 Å². The molecule has 0 aliphatic carbocycles. The Labute approximate surface area is 131 Å². The number of aryl methyl sites for hydroxylation is 1. The van der Waals surface area contributed by atoms with Crippen LogP contribution in [0.25, 0.3) is 0 Å². The maximum atomic E-state index is 10.4. The van der Waals surface area contributed by atoms with Gasteiger partial charge in [-0.15, -0.1) is 0 Å². The van der Waals surface area contributed by atoms with Crippen molar-refractivity contribution in [2.45, 2.75) is 45.2 Å². The number of hydrogen-bond acceptors (Lipinski definition) is 2. The molecule has 2 aromatic rings. The number of unbranched alkanes of at least 4 members (excludes halogenated alkanes) is 3. The zero-order valence-corrected chi connectivity index (χ0v) is 12.9. The summed E-state index contributed by atoms with van der Waals surface area (Å²) >= 11 is 0. The number of nitrogens with zero attached hydrogens (tertiary/aromatic N) is 1. The van der Waals surface area contributed by atoms with E-state index >= 15 is 0 Å². The second kappa shape index (κ2) is 8.93. The number of aromatic nitrogens is 1. The highest BCUT2D eigenvalue weighted by Crippen LogP contribution is 2.11. The van der Waals surface area contributed by atoms with Gasteiger partial charge in [0, 0.05) is 30.5 Å². The zero-order chi connectivity index (χ0) is 15.6. The van der Waals surface area contributed by atoms with Gasteiger partial charge >= 0.3 is 5.97 Å². The number of benzene rings is 1. The number of carbonyl (C=O) groups is 1. The van der Waals surface area contributed by atoms with Crippen LogP contribution in [0.4, 0.5) is 5.69 Å². The van der Waals surface area contributed by atoms with Crippen molar-refractivity contribution < 1.29 is 9.90 Å². The third kappa shape index (κ3) is 5.64. The molecule has 0 saturated heterocycles. The molecule has 2 N–H and O–H groups in total. The number of anilines is 1. The van der Waals surface area contributed by atoms with Crippen LogP contribution in [0.15, 0.2) is 48.7 Å². The van der Waals surface area contributed by atoms with E-state index in [1.807, 2.05) is 18.2 Å². The third-order valence-electron chi connectivity index (χ3n) is 3.71. The van der Waals surface area contributed by atoms with Crippen LogP contribution >= 0.6 is 0 Å². The van der Waals surface area contributed by atoms with Gasteiger partial charge in [0.05, 0.1) is 6.54 Å². The summed E-state index contributed by atoms with van der Waals surface area (Å²) in [5.41, 5.74) is 2.40. The Morgan fingerprint density at radius 2 is 1.77 bits per heavy atom. The first kappa shape index (κ1) is 16.1. The summed E-state index contributed by atoms with van der Waals surface area (Å²) in [5, 5.41) is 12.0. The molecule has 2 rings (SSSR count). The van der Waals surface area contributed by atoms with Crippen LogP contribution in [0.1, 0.15) is 37.8 Å². The summed E-state index contributed by atoms with van der Waals surface area (Å²) < 4.78 is 2.27. The Kier molecular flexibility index (Phi) is 6.55. The second-order valence-electron chi connectivity index (χ2n) is 5.47. The fourth-order valence-corrected chi connectivity index (χ4v) is 2.49. The number of carboxylic acid groups (broad SMARTS) is 1. The smallest absolute Gasteiger partial charge is 0.303 e. The molecule has 1 heterocycles. The zero-order valence-electron chi connectivity index (χ0n) is 12.9. The Morgan fingerprint density at radius 1 is 1.00 bits per heavy atom. The van der Waals surface area contributed by atoms with Crippen molar-refractivity contribution in [1.82, 2.24) is 4.57 Å². The fraction of sp³-hybridized carbons (Fsp3) is 0.389. The van der Waals surface area contributed by atoms with E-state index in [1.165, 1.54) is 5.69 Å². The molecular weight excluding hydrogens is 276 g/mol. The van der Waals surface area contributed by atoms with Gasteiger partial charge in [0.2, 0.25) is 0 Å². The van der Waals surface area contributed by atoms with Gasteiger partial charge in [0.15, 0.2) is 0 Å². The van der Waals surface area contributed by atoms with Crippen molar-refractivity contribution in [3.05, 3.63) is 54.4 Å². The van der Waals surface area contributed by atoms with Gasteiger partial charge in [0.1, 0.15) is 0 Å². The lowest BCUT2D eigenvalue weighted by Gasteiger charge is -2.11. The van der Waals surface area contributed by atoms with Gasteiger partial charge in [-0.25, -0.2) is 0 Å². The van der Waals surface area contributed by atoms with E-state index in [-0.39, 0.29) is 6.42 Å². The number of carboxylic acids is 1. The molecule has 0 bridgehead atoms. The first-order valence-corrected chi connectivity index (χ1v) is 7.90. The van der Waals surface area contributed by atoms with Crippen molar-refractivity contribution in [3.63, 3.8) is 0 Å². The highest BCUT2D eigenvalue weighted by atomic mass is 16.4. The molecule has 0 aliphatic rings. The Morgan fingerprint density at radius 3 is 2.55 bits per heavy atom. The molecule has 118 valence electrons. The van der Waals surface area contributed by atoms with Crippen molar-refractivity contribution in [3.8, 4) is 0 Å². The molecule has 0 atom stereocenters. The van der Waals surface area contributed by atoms with E-state index in [0.29, 0.717) is 0 Å². The van der Waals surface area contributed by atoms with Gasteiger partial charge in [-0.3, -0.25) is 4.79 Å². The summed E-state index contributed by atoms with van der Waals surface area (Å²) in [6.45, 7) is 1.81. The van der Waals surface area contributed by atoms with E-state index in [4.69, 9.17) is 5.11 Å². The highest BCUT2D eigenvalue weighted by molar-refractivity contribution is 5.66. The van der Waals surface area contributed by atoms with Gasteiger partial charge < -0.3 is 15.0 Å². The minimum Gasteiger partial charge on any atom is -0.481 e. The minimum atomic E-state index is -0.695. The molecule has 0 unspecified atom stereocenters. The normalized spacial score (nSPS) is 10.5. The third-order valence-corrected chi connectivity index (χ3v) is 3.71. The highest BCUT2D eigenvalue weighted by Gasteiger charge is 2.01. The molecule has 4 nitrogen and oxygen atoms in total. The lowest BCUT2D eigenvalue weighted by Crippen LogP contribution is -2.07. The summed E-state index contributed by atoms with van der Waals surface area (Å²) in [5.74, 6) is -0.695. The first-order chi connectivity index (χ1) is 10.8. The molecular formula is C18H24N2O2. The summed E-state index contributed by atoms with van der Waals surface area (Å²) in [6.07, 6.45) is 6.34. The fourth-order valence-electron chi connectivity index (χ4n) is 2.49. The molecule has 22 heavy (non-hydrogen) atoms. The standard InChI is InChI=1S/C18H24N2O2/c21-18(22)12-6-1-2-7-13-20-14-8-11-17(20)15-19-16-9-4-3-5-10-16/h3-5,8-11,14,19H,1-2,6-7,12-13,15H2,(H,21,22). The summed E-state index contributed by atoms with van der Waals surface area (Å²) in [7, 11) is 0. The number of rotatable bonds is 10. The number of para-hydroxylation sites is 1. The number of aliphatic carboxylic acids is 1. The molecule has 1 aromatic carbocycles. The lowest BCUT2D eigenvalue weighted by atomic mass is 10.1. The molecule has 0 fully saturated rings. The molecule has 0 spiro atoms. The van der Waals surface area contributed by atoms with Gasteiger partial charge in [-0.1, -0.05) is 31.0 Å². The van der Waals surface area contributed by atoms with E-state index < -0.39 is 5.97 Å². The predicted molar refractivity (Wildman–Crippen MR) is 88.9 cm³/mol. The van der Waals surface area contributed by atoms with Gasteiger partial charge in [-0.2, -0.15) is 0 Å². The predicted octanol–water partition coefficient (Wildman–Crippen LogP) is 4.14. The van der Waals surface area contributed by atoms with Crippen LogP contribution in [0.3, 0.4) is 0 Å². The molecule has 4 heteroatoms. The van der Waals surface area contributed by atoms with Crippen LogP contribution < -0.4 is 5.32 Å². The Hall–Kier alpha value is -2.23. The van der Waals surface area contributed by atoms with E-state index in [9.17, 15) is 4.79 Å². The van der Waals surface area contributed by atoms with Crippen molar-refractivity contribution in [2.24, 2.45) is 0 Å². The van der Waals surface area contributed by atoms with Crippen molar-refractivity contribution in [1.29, 1.82) is 0 Å². The number of hydrogen-bond donors (Lipinski definition) is 2. The van der Waals surface area contributed by atoms with E-state index in [2.05, 4.69) is 40.3 Å². The largest absolute Gasteiger partial charge is 0.481 e. The monoisotopic (exact) mass is 300 g/mol. The Balaban J connectivity index is 1.69. The van der Waals surface area contributed by atoms with Crippen LogP contribution in [0, 0.1) is 0 Å². The molecule has 0 radical (unpaired) electrons. The average molecular weight is 300 g/mol. The van der Waals surface area contributed by atoms with Crippen molar-refractivity contribution in [2.75, 3.05) is 5.32 Å². The van der Waals surface area contributed by atoms with Gasteiger partial charge in [-0.05, 0) is 37.1 Å². The molecule has 0 amide bonds. The minimum absolute atomic E-state index is 0.287. The maximum absolute atomic E-state index is 10.4. The lowest BCUT2D eigenvalue weighted by molar-refractivity contribution is -0.137. The molecule has 0 aliphatic heterocycles. The molecule has 0 saturated carbocycles. The van der Waals surface area contributed by atoms with Crippen molar-refractivity contribution >= 4 is 11.7 Å². The Bertz CT molecular complexity index is 563. The second-order valence-corrected chi connectivity index (χ2v) is 5.47. The number of nitrogens with one attached hydrogen (secondary N) is 1. The van der Waals surface area contributed by atoms with Crippen LogP contribution in [0.2, 0.25) is 0 Å². The van der Waals surface area contributed by atoms with Crippen LogP contribution in [-0.2, 0) is 17.9 Å². The van der Waals surface area contributed by atoms with Crippen LogP contribution in [-0.4, -0.2) is 15.6 Å². The maximum Gasteiger partial charge on any atom is 0.303 e. The quantitative estimate of drug-likeness (QED) is 0.648. The summed E-state index contributed by atoms with van der Waals surface area (Å²) in [6, 6.07) is 14.4. The SMILES string of the molecule is O=C(O)CCCCCCn1cccc1CNc1ccccc1. The summed E-state index contributed by atoms with van der Waals surface area (Å²) in [4.78, 5) is 10.4. The van der Waals surface area contributed by atoms with Gasteiger partial charge in [0.25, 0.3) is 0 Å². The molecule has 1 aromatic heterocycles. The first-order valence-electron chi connectivity index (χ1n) is 7.90. The van der Waals surface area contributed by atoms with Crippen LogP contribution in [0.5, 0.6) is 0 Å². The average Bonchev–Trinajstić information content (AvgIpc) is 2.97. The van der Waals surface area contributed by atoms with E-state index in [1.54, 1.807) is 0 Å². The van der Waals surface area contributed by atoms with E-state index in [0.717, 1.165) is 44.5 Å².